The SMILES string of the molecule is CC(C)C1CC(NC(=O)C(C)(C)C)CN(C)C1. The average molecular weight is 240 g/mol. The van der Waals surface area contributed by atoms with Crippen molar-refractivity contribution in [2.24, 2.45) is 17.3 Å². The Bertz CT molecular complexity index is 268. The summed E-state index contributed by atoms with van der Waals surface area (Å²) < 4.78 is 0. The van der Waals surface area contributed by atoms with E-state index in [0.717, 1.165) is 19.5 Å². The molecule has 2 atom stereocenters. The quantitative estimate of drug-likeness (QED) is 0.802. The van der Waals surface area contributed by atoms with Crippen LogP contribution in [0.2, 0.25) is 0 Å². The molecular formula is C14H28N2O. The fourth-order valence-corrected chi connectivity index (χ4v) is 2.36. The van der Waals surface area contributed by atoms with Crippen LogP contribution in [0.25, 0.3) is 0 Å². The Kier molecular flexibility index (Phi) is 4.59. The molecule has 1 N–H and O–H groups in total. The first kappa shape index (κ1) is 14.5. The Hall–Kier alpha value is -0.570. The number of rotatable bonds is 2. The van der Waals surface area contributed by atoms with Gasteiger partial charge in [0.1, 0.15) is 0 Å². The number of hydrogen-bond acceptors (Lipinski definition) is 2. The third-order valence-corrected chi connectivity index (χ3v) is 3.62. The number of likely N-dealkylation sites (tertiary alicyclic amines) is 1. The van der Waals surface area contributed by atoms with Crippen LogP contribution in [-0.4, -0.2) is 37.0 Å². The highest BCUT2D eigenvalue weighted by Crippen LogP contribution is 2.24. The molecule has 1 saturated heterocycles. The molecule has 2 unspecified atom stereocenters. The number of amides is 1. The van der Waals surface area contributed by atoms with Gasteiger partial charge in [-0.25, -0.2) is 0 Å². The smallest absolute Gasteiger partial charge is 0.225 e. The lowest BCUT2D eigenvalue weighted by molar-refractivity contribution is -0.129. The van der Waals surface area contributed by atoms with Crippen LogP contribution in [0.4, 0.5) is 0 Å². The molecule has 1 fully saturated rings. The highest BCUT2D eigenvalue weighted by Gasteiger charge is 2.30. The lowest BCUT2D eigenvalue weighted by Gasteiger charge is -2.38. The zero-order valence-electron chi connectivity index (χ0n) is 12.2. The van der Waals surface area contributed by atoms with E-state index in [1.54, 1.807) is 0 Å². The zero-order valence-corrected chi connectivity index (χ0v) is 12.2. The first-order chi connectivity index (χ1) is 7.70. The minimum absolute atomic E-state index is 0.167. The molecule has 0 bridgehead atoms. The van der Waals surface area contributed by atoms with E-state index in [1.165, 1.54) is 0 Å². The van der Waals surface area contributed by atoms with E-state index in [4.69, 9.17) is 0 Å². The second-order valence-corrected chi connectivity index (χ2v) is 6.88. The van der Waals surface area contributed by atoms with E-state index in [-0.39, 0.29) is 11.3 Å². The largest absolute Gasteiger partial charge is 0.352 e. The fraction of sp³-hybridized carbons (Fsp3) is 0.929. The summed E-state index contributed by atoms with van der Waals surface area (Å²) in [7, 11) is 2.14. The van der Waals surface area contributed by atoms with Crippen molar-refractivity contribution in [3.8, 4) is 0 Å². The molecular weight excluding hydrogens is 212 g/mol. The molecule has 100 valence electrons. The van der Waals surface area contributed by atoms with Crippen LogP contribution in [-0.2, 0) is 4.79 Å². The van der Waals surface area contributed by atoms with Gasteiger partial charge in [-0.1, -0.05) is 34.6 Å². The number of piperidine rings is 1. The number of carbonyl (C=O) groups is 1. The summed E-state index contributed by atoms with van der Waals surface area (Å²) in [5.41, 5.74) is -0.288. The summed E-state index contributed by atoms with van der Waals surface area (Å²) in [5, 5.41) is 3.19. The molecule has 0 saturated carbocycles. The van der Waals surface area contributed by atoms with Crippen molar-refractivity contribution in [3.05, 3.63) is 0 Å². The van der Waals surface area contributed by atoms with E-state index < -0.39 is 0 Å². The van der Waals surface area contributed by atoms with Gasteiger partial charge in [0.05, 0.1) is 0 Å². The predicted octanol–water partition coefficient (Wildman–Crippen LogP) is 2.12. The summed E-state index contributed by atoms with van der Waals surface area (Å²) in [6.07, 6.45) is 1.11. The van der Waals surface area contributed by atoms with Crippen LogP contribution >= 0.6 is 0 Å². The maximum Gasteiger partial charge on any atom is 0.225 e. The van der Waals surface area contributed by atoms with E-state index in [0.29, 0.717) is 17.9 Å². The van der Waals surface area contributed by atoms with Gasteiger partial charge in [0.2, 0.25) is 5.91 Å². The number of likely N-dealkylation sites (N-methyl/N-ethyl adjacent to an activating group) is 1. The summed E-state index contributed by atoms with van der Waals surface area (Å²) in [6.45, 7) is 12.6. The zero-order chi connectivity index (χ0) is 13.2. The minimum Gasteiger partial charge on any atom is -0.352 e. The number of hydrogen-bond donors (Lipinski definition) is 1. The fourth-order valence-electron chi connectivity index (χ4n) is 2.36. The number of carbonyl (C=O) groups excluding carboxylic acids is 1. The lowest BCUT2D eigenvalue weighted by Crippen LogP contribution is -2.52. The van der Waals surface area contributed by atoms with Crippen LogP contribution in [0, 0.1) is 17.3 Å². The Morgan fingerprint density at radius 2 is 1.88 bits per heavy atom. The third-order valence-electron chi connectivity index (χ3n) is 3.62. The molecule has 0 radical (unpaired) electrons. The molecule has 0 aromatic rings. The van der Waals surface area contributed by atoms with Crippen molar-refractivity contribution >= 4 is 5.91 Å². The summed E-state index contributed by atoms with van der Waals surface area (Å²) >= 11 is 0. The van der Waals surface area contributed by atoms with Crippen molar-refractivity contribution in [2.45, 2.75) is 47.1 Å². The first-order valence-electron chi connectivity index (χ1n) is 6.69. The van der Waals surface area contributed by atoms with E-state index >= 15 is 0 Å². The van der Waals surface area contributed by atoms with Crippen LogP contribution in [0.3, 0.4) is 0 Å². The third kappa shape index (κ3) is 4.30. The molecule has 0 spiro atoms. The van der Waals surface area contributed by atoms with Crippen LogP contribution < -0.4 is 5.32 Å². The van der Waals surface area contributed by atoms with Gasteiger partial charge in [0, 0.05) is 24.5 Å². The Labute approximate surface area is 106 Å². The summed E-state index contributed by atoms with van der Waals surface area (Å²) in [6, 6.07) is 0.313. The van der Waals surface area contributed by atoms with E-state index in [9.17, 15) is 4.79 Å². The van der Waals surface area contributed by atoms with Crippen LogP contribution in [0.1, 0.15) is 41.0 Å². The summed E-state index contributed by atoms with van der Waals surface area (Å²) in [4.78, 5) is 14.3. The van der Waals surface area contributed by atoms with Gasteiger partial charge in [-0.05, 0) is 25.3 Å². The lowest BCUT2D eigenvalue weighted by atomic mass is 9.85. The average Bonchev–Trinajstić information content (AvgIpc) is 2.14. The molecule has 3 heteroatoms. The molecule has 0 aliphatic carbocycles. The predicted molar refractivity (Wildman–Crippen MR) is 71.8 cm³/mol. The molecule has 3 nitrogen and oxygen atoms in total. The molecule has 1 aliphatic rings. The highest BCUT2D eigenvalue weighted by molar-refractivity contribution is 5.81. The van der Waals surface area contributed by atoms with Crippen LogP contribution in [0.5, 0.6) is 0 Å². The number of nitrogens with zero attached hydrogens (tertiary/aromatic N) is 1. The first-order valence-corrected chi connectivity index (χ1v) is 6.69. The van der Waals surface area contributed by atoms with E-state index in [2.05, 4.69) is 31.1 Å². The maximum absolute atomic E-state index is 12.0. The van der Waals surface area contributed by atoms with E-state index in [1.807, 2.05) is 20.8 Å². The molecule has 0 aromatic heterocycles. The van der Waals surface area contributed by atoms with Gasteiger partial charge in [-0.15, -0.1) is 0 Å². The van der Waals surface area contributed by atoms with Gasteiger partial charge < -0.3 is 10.2 Å². The monoisotopic (exact) mass is 240 g/mol. The maximum atomic E-state index is 12.0. The highest BCUT2D eigenvalue weighted by atomic mass is 16.2. The van der Waals surface area contributed by atoms with Gasteiger partial charge in [-0.3, -0.25) is 4.79 Å². The van der Waals surface area contributed by atoms with Crippen LogP contribution in [0.15, 0.2) is 0 Å². The molecule has 1 rings (SSSR count). The molecule has 17 heavy (non-hydrogen) atoms. The molecule has 0 aromatic carbocycles. The molecule has 1 aliphatic heterocycles. The van der Waals surface area contributed by atoms with Crippen molar-refractivity contribution in [3.63, 3.8) is 0 Å². The topological polar surface area (TPSA) is 32.3 Å². The number of nitrogens with one attached hydrogen (secondary N) is 1. The van der Waals surface area contributed by atoms with Crippen molar-refractivity contribution in [1.29, 1.82) is 0 Å². The Balaban J connectivity index is 2.57. The van der Waals surface area contributed by atoms with Crippen molar-refractivity contribution in [2.75, 3.05) is 20.1 Å². The van der Waals surface area contributed by atoms with Crippen molar-refractivity contribution in [1.82, 2.24) is 10.2 Å². The van der Waals surface area contributed by atoms with Crippen molar-refractivity contribution < 1.29 is 4.79 Å². The second-order valence-electron chi connectivity index (χ2n) is 6.88. The van der Waals surface area contributed by atoms with Gasteiger partial charge in [0.15, 0.2) is 0 Å². The normalized spacial score (nSPS) is 27.2. The minimum atomic E-state index is -0.288. The summed E-state index contributed by atoms with van der Waals surface area (Å²) in [5.74, 6) is 1.55. The Morgan fingerprint density at radius 3 is 2.35 bits per heavy atom. The molecule has 1 amide bonds. The second kappa shape index (κ2) is 5.38. The van der Waals surface area contributed by atoms with Gasteiger partial charge >= 0.3 is 0 Å². The standard InChI is InChI=1S/C14H28N2O/c1-10(2)11-7-12(9-16(6)8-11)15-13(17)14(3,4)5/h10-12H,7-9H2,1-6H3,(H,15,17). The molecule has 1 heterocycles. The van der Waals surface area contributed by atoms with Gasteiger partial charge in [-0.2, -0.15) is 0 Å². The van der Waals surface area contributed by atoms with Gasteiger partial charge in [0.25, 0.3) is 0 Å². The Morgan fingerprint density at radius 1 is 1.29 bits per heavy atom.